The summed E-state index contributed by atoms with van der Waals surface area (Å²) in [5, 5.41) is 9.45. The van der Waals surface area contributed by atoms with Crippen molar-refractivity contribution in [3.8, 4) is 0 Å². The number of nitrogens with zero attached hydrogens (tertiary/aromatic N) is 2. The van der Waals surface area contributed by atoms with E-state index in [2.05, 4.69) is 15.3 Å². The van der Waals surface area contributed by atoms with E-state index in [1.807, 2.05) is 0 Å². The number of ether oxygens (including phenoxy) is 1. The van der Waals surface area contributed by atoms with Gasteiger partial charge in [-0.05, 0) is 51.8 Å². The van der Waals surface area contributed by atoms with Gasteiger partial charge in [-0.1, -0.05) is 0 Å². The normalized spacial score (nSPS) is 22.8. The van der Waals surface area contributed by atoms with Crippen LogP contribution >= 0.6 is 0 Å². The number of nitrogens with one attached hydrogen (secondary N) is 1. The minimum absolute atomic E-state index is 0.0978. The molecular weight excluding hydrogens is 445 g/mol. The van der Waals surface area contributed by atoms with Crippen LogP contribution in [0.5, 0.6) is 0 Å². The number of amides is 1. The highest BCUT2D eigenvalue weighted by molar-refractivity contribution is 6.03. The lowest BCUT2D eigenvalue weighted by molar-refractivity contribution is -0.215. The molecule has 1 fully saturated rings. The quantitative estimate of drug-likeness (QED) is 0.582. The third-order valence-electron chi connectivity index (χ3n) is 5.56. The van der Waals surface area contributed by atoms with E-state index in [1.165, 1.54) is 26.3 Å². The molecule has 0 unspecified atom stereocenters. The fourth-order valence-electron chi connectivity index (χ4n) is 3.67. The number of aromatic nitrogens is 1. The first-order chi connectivity index (χ1) is 15.4. The fraction of sp³-hybridized carbons (Fsp3) is 0.429. The number of carbonyl (C=O) groups is 2. The second kappa shape index (κ2) is 8.41. The highest BCUT2D eigenvalue weighted by Gasteiger charge is 2.66. The van der Waals surface area contributed by atoms with Crippen molar-refractivity contribution < 1.29 is 37.0 Å². The van der Waals surface area contributed by atoms with Gasteiger partial charge in [-0.25, -0.2) is 14.4 Å². The Kier molecular flexibility index (Phi) is 6.14. The standard InChI is InChI=1S/C20H21F3N4O3.CH2O2/c1-18(2)20(22,23)19(3,30-17(24)27-18)12-8-11(6-7-13(12)21)26-16(28)14-15(10-4-5-10)29-9-25-14;2-1-3/h6-10H,4-5H2,1-3H3,(H2,24,27)(H,26,28);1H,(H,2,3)/t19-;/m1./s1. The molecule has 1 saturated carbocycles. The highest BCUT2D eigenvalue weighted by Crippen LogP contribution is 2.51. The summed E-state index contributed by atoms with van der Waals surface area (Å²) in [5.74, 6) is -4.49. The number of amidine groups is 1. The van der Waals surface area contributed by atoms with Crippen LogP contribution in [0, 0.1) is 5.82 Å². The number of anilines is 1. The fourth-order valence-corrected chi connectivity index (χ4v) is 3.67. The molecule has 1 aliphatic heterocycles. The first-order valence-corrected chi connectivity index (χ1v) is 9.92. The molecule has 0 radical (unpaired) electrons. The van der Waals surface area contributed by atoms with Crippen LogP contribution in [0.25, 0.3) is 0 Å². The number of halogens is 3. The molecular formula is C21H23F3N4O5. The predicted molar refractivity (Wildman–Crippen MR) is 111 cm³/mol. The van der Waals surface area contributed by atoms with Gasteiger partial charge in [0.05, 0.1) is 0 Å². The maximum absolute atomic E-state index is 15.3. The summed E-state index contributed by atoms with van der Waals surface area (Å²) in [6.45, 7) is 3.17. The van der Waals surface area contributed by atoms with E-state index < -0.39 is 40.4 Å². The van der Waals surface area contributed by atoms with Gasteiger partial charge in [0, 0.05) is 17.2 Å². The summed E-state index contributed by atoms with van der Waals surface area (Å²) in [4.78, 5) is 28.6. The van der Waals surface area contributed by atoms with Gasteiger partial charge in [-0.2, -0.15) is 8.78 Å². The van der Waals surface area contributed by atoms with Crippen molar-refractivity contribution in [3.05, 3.63) is 47.4 Å². The molecule has 4 N–H and O–H groups in total. The highest BCUT2D eigenvalue weighted by atomic mass is 19.3. The zero-order valence-electron chi connectivity index (χ0n) is 18.1. The van der Waals surface area contributed by atoms with Crippen molar-refractivity contribution in [3.63, 3.8) is 0 Å². The molecule has 33 heavy (non-hydrogen) atoms. The number of oxazole rings is 1. The lowest BCUT2D eigenvalue weighted by Crippen LogP contribution is -2.62. The number of nitrogens with two attached hydrogens (primary N) is 1. The smallest absolute Gasteiger partial charge is 0.315 e. The summed E-state index contributed by atoms with van der Waals surface area (Å²) in [6.07, 6.45) is 2.99. The first-order valence-electron chi connectivity index (χ1n) is 9.92. The third kappa shape index (κ3) is 4.24. The van der Waals surface area contributed by atoms with Crippen LogP contribution in [-0.4, -0.2) is 40.0 Å². The van der Waals surface area contributed by atoms with Gasteiger partial charge in [0.25, 0.3) is 18.4 Å². The van der Waals surface area contributed by atoms with E-state index in [0.717, 1.165) is 31.9 Å². The molecule has 1 aromatic carbocycles. The van der Waals surface area contributed by atoms with E-state index in [1.54, 1.807) is 0 Å². The van der Waals surface area contributed by atoms with Gasteiger partial charge >= 0.3 is 5.92 Å². The Morgan fingerprint density at radius 3 is 2.55 bits per heavy atom. The van der Waals surface area contributed by atoms with Crippen molar-refractivity contribution >= 4 is 24.1 Å². The zero-order chi connectivity index (χ0) is 24.6. The van der Waals surface area contributed by atoms with Gasteiger partial charge in [0.1, 0.15) is 17.1 Å². The van der Waals surface area contributed by atoms with E-state index in [4.69, 9.17) is 24.8 Å². The molecule has 0 spiro atoms. The molecule has 2 aromatic rings. The number of aliphatic imine (C=N–C) groups is 1. The Bertz CT molecular complexity index is 1100. The van der Waals surface area contributed by atoms with Crippen LogP contribution in [0.3, 0.4) is 0 Å². The summed E-state index contributed by atoms with van der Waals surface area (Å²) in [5.41, 5.74) is 0.988. The van der Waals surface area contributed by atoms with Crippen LogP contribution in [0.15, 0.2) is 34.0 Å². The summed E-state index contributed by atoms with van der Waals surface area (Å²) in [7, 11) is 0. The van der Waals surface area contributed by atoms with Crippen molar-refractivity contribution in [2.45, 2.75) is 56.6 Å². The van der Waals surface area contributed by atoms with Gasteiger partial charge in [0.2, 0.25) is 5.60 Å². The Hall–Kier alpha value is -3.57. The summed E-state index contributed by atoms with van der Waals surface area (Å²) < 4.78 is 55.7. The Morgan fingerprint density at radius 2 is 1.94 bits per heavy atom. The molecule has 1 atom stereocenters. The van der Waals surface area contributed by atoms with Crippen LogP contribution in [0.2, 0.25) is 0 Å². The Morgan fingerprint density at radius 1 is 1.30 bits per heavy atom. The SMILES string of the molecule is CC1(C)N=C(N)O[C@](C)(c2cc(NC(=O)c3ncoc3C3CC3)ccc2F)C1(F)F.O=CO. The number of alkyl halides is 2. The lowest BCUT2D eigenvalue weighted by Gasteiger charge is -2.47. The number of carbonyl (C=O) groups excluding carboxylic acids is 1. The minimum atomic E-state index is -3.61. The molecule has 12 heteroatoms. The zero-order valence-corrected chi connectivity index (χ0v) is 18.1. The number of hydrogen-bond donors (Lipinski definition) is 3. The molecule has 1 aliphatic carbocycles. The Labute approximate surface area is 186 Å². The first kappa shape index (κ1) is 24.1. The molecule has 2 aliphatic rings. The average Bonchev–Trinajstić information content (AvgIpc) is 3.44. The van der Waals surface area contributed by atoms with Crippen molar-refractivity contribution in [2.24, 2.45) is 10.7 Å². The molecule has 0 bridgehead atoms. The second-order valence-corrected chi connectivity index (χ2v) is 8.31. The molecule has 9 nitrogen and oxygen atoms in total. The van der Waals surface area contributed by atoms with E-state index in [-0.39, 0.29) is 23.8 Å². The van der Waals surface area contributed by atoms with Crippen molar-refractivity contribution in [1.29, 1.82) is 0 Å². The van der Waals surface area contributed by atoms with Crippen LogP contribution in [0.1, 0.15) is 61.3 Å². The second-order valence-electron chi connectivity index (χ2n) is 8.31. The third-order valence-corrected chi connectivity index (χ3v) is 5.56. The largest absolute Gasteiger partial charge is 0.483 e. The number of hydrogen-bond acceptors (Lipinski definition) is 7. The molecule has 0 saturated heterocycles. The monoisotopic (exact) mass is 468 g/mol. The molecule has 4 rings (SSSR count). The summed E-state index contributed by atoms with van der Waals surface area (Å²) in [6, 6.07) is 2.88. The van der Waals surface area contributed by atoms with Crippen LogP contribution in [0.4, 0.5) is 18.9 Å². The minimum Gasteiger partial charge on any atom is -0.483 e. The van der Waals surface area contributed by atoms with Gasteiger partial charge in [-0.15, -0.1) is 0 Å². The van der Waals surface area contributed by atoms with E-state index in [0.29, 0.717) is 5.76 Å². The van der Waals surface area contributed by atoms with E-state index >= 15 is 8.78 Å². The van der Waals surface area contributed by atoms with Crippen LogP contribution in [-0.2, 0) is 15.1 Å². The molecule has 2 heterocycles. The lowest BCUT2D eigenvalue weighted by atomic mass is 9.78. The van der Waals surface area contributed by atoms with Gasteiger partial charge in [-0.3, -0.25) is 9.59 Å². The topological polar surface area (TPSA) is 140 Å². The Balaban J connectivity index is 0.000000968. The predicted octanol–water partition coefficient (Wildman–Crippen LogP) is 3.62. The van der Waals surface area contributed by atoms with Gasteiger partial charge < -0.3 is 25.3 Å². The molecule has 1 aromatic heterocycles. The summed E-state index contributed by atoms with van der Waals surface area (Å²) >= 11 is 0. The number of benzene rings is 1. The number of carboxylic acid groups (broad SMARTS) is 1. The average molecular weight is 468 g/mol. The van der Waals surface area contributed by atoms with Crippen molar-refractivity contribution in [2.75, 3.05) is 5.32 Å². The van der Waals surface area contributed by atoms with Crippen LogP contribution < -0.4 is 11.1 Å². The van der Waals surface area contributed by atoms with Gasteiger partial charge in [0.15, 0.2) is 12.1 Å². The maximum Gasteiger partial charge on any atom is 0.315 e. The number of rotatable bonds is 4. The maximum atomic E-state index is 15.3. The van der Waals surface area contributed by atoms with Crippen molar-refractivity contribution in [1.82, 2.24) is 4.98 Å². The van der Waals surface area contributed by atoms with E-state index in [9.17, 15) is 9.18 Å². The molecule has 178 valence electrons. The molecule has 1 amide bonds.